The maximum absolute atomic E-state index is 11.5. The minimum Gasteiger partial charge on any atom is -0.399 e. The smallest absolute Gasteiger partial charge is 0.344 e. The normalized spacial score (nSPS) is 11.0. The van der Waals surface area contributed by atoms with Crippen molar-refractivity contribution in [1.29, 1.82) is 0 Å². The molecule has 2 aromatic heterocycles. The Morgan fingerprint density at radius 2 is 2.29 bits per heavy atom. The number of nitrogens with zero attached hydrogens (tertiary/aromatic N) is 3. The van der Waals surface area contributed by atoms with E-state index in [0.717, 1.165) is 0 Å². The second kappa shape index (κ2) is 4.62. The molecule has 90 valence electrons. The Kier molecular flexibility index (Phi) is 3.19. The minimum atomic E-state index is -0.216. The molecular weight excluding hydrogens is 238 g/mol. The maximum Gasteiger partial charge on any atom is 0.344 e. The number of anilines is 1. The third-order valence-electron chi connectivity index (χ3n) is 2.14. The summed E-state index contributed by atoms with van der Waals surface area (Å²) in [5, 5.41) is 7.70. The largest absolute Gasteiger partial charge is 0.399 e. The molecule has 0 amide bonds. The second-order valence-corrected chi connectivity index (χ2v) is 4.79. The Labute approximate surface area is 102 Å². The molecule has 0 fully saturated rings. The minimum absolute atomic E-state index is 0.0461. The van der Waals surface area contributed by atoms with Gasteiger partial charge in [-0.3, -0.25) is 4.57 Å². The Morgan fingerprint density at radius 3 is 2.94 bits per heavy atom. The van der Waals surface area contributed by atoms with Gasteiger partial charge in [0, 0.05) is 17.9 Å². The van der Waals surface area contributed by atoms with Crippen LogP contribution in [0.2, 0.25) is 0 Å². The third-order valence-corrected chi connectivity index (χ3v) is 3.05. The van der Waals surface area contributed by atoms with Crippen LogP contribution in [0.3, 0.4) is 0 Å². The molecule has 2 aromatic rings. The Hall–Kier alpha value is -1.76. The van der Waals surface area contributed by atoms with Gasteiger partial charge in [-0.05, 0) is 37.7 Å². The lowest BCUT2D eigenvalue weighted by molar-refractivity contribution is 0.534. The van der Waals surface area contributed by atoms with E-state index in [0.29, 0.717) is 15.9 Å². The predicted octanol–water partition coefficient (Wildman–Crippen LogP) is 1.28. The average Bonchev–Trinajstić information content (AvgIpc) is 2.59. The summed E-state index contributed by atoms with van der Waals surface area (Å²) in [6.45, 7) is 3.85. The topological polar surface area (TPSA) is 89.6 Å². The van der Waals surface area contributed by atoms with Gasteiger partial charge in [-0.25, -0.2) is 14.9 Å². The molecule has 0 radical (unpaired) electrons. The van der Waals surface area contributed by atoms with Gasteiger partial charge in [0.05, 0.1) is 0 Å². The highest BCUT2D eigenvalue weighted by Gasteiger charge is 2.13. The third kappa shape index (κ3) is 2.50. The fourth-order valence-corrected chi connectivity index (χ4v) is 2.37. The van der Waals surface area contributed by atoms with Crippen LogP contribution in [0.15, 0.2) is 33.3 Å². The molecule has 7 heteroatoms. The van der Waals surface area contributed by atoms with Crippen LogP contribution in [0.4, 0.5) is 5.69 Å². The van der Waals surface area contributed by atoms with Crippen molar-refractivity contribution in [3.8, 4) is 0 Å². The van der Waals surface area contributed by atoms with Gasteiger partial charge in [-0.1, -0.05) is 0 Å². The fraction of sp³-hybridized carbons (Fsp3) is 0.300. The standard InChI is InChI=1S/C10H13N5OS/c1-6(2)15-9(16)13-14-10(15)17-8-5-7(11)3-4-12-8/h3-6H,1-2H3,(H2,11,12)(H,13,16). The summed E-state index contributed by atoms with van der Waals surface area (Å²) in [4.78, 5) is 15.7. The highest BCUT2D eigenvalue weighted by Crippen LogP contribution is 2.25. The van der Waals surface area contributed by atoms with Gasteiger partial charge in [0.1, 0.15) is 5.03 Å². The van der Waals surface area contributed by atoms with Crippen LogP contribution in [0, 0.1) is 0 Å². The van der Waals surface area contributed by atoms with Crippen molar-refractivity contribution >= 4 is 17.4 Å². The van der Waals surface area contributed by atoms with Crippen molar-refractivity contribution in [2.24, 2.45) is 0 Å². The summed E-state index contributed by atoms with van der Waals surface area (Å²) < 4.78 is 1.58. The monoisotopic (exact) mass is 251 g/mol. The molecule has 3 N–H and O–H groups in total. The summed E-state index contributed by atoms with van der Waals surface area (Å²) in [7, 11) is 0. The van der Waals surface area contributed by atoms with Crippen molar-refractivity contribution in [1.82, 2.24) is 19.7 Å². The van der Waals surface area contributed by atoms with E-state index in [-0.39, 0.29) is 11.7 Å². The van der Waals surface area contributed by atoms with Crippen LogP contribution in [0.25, 0.3) is 0 Å². The van der Waals surface area contributed by atoms with E-state index in [1.165, 1.54) is 11.8 Å². The molecular formula is C10H13N5OS. The van der Waals surface area contributed by atoms with Crippen molar-refractivity contribution in [2.75, 3.05) is 5.73 Å². The summed E-state index contributed by atoms with van der Waals surface area (Å²) in [5.41, 5.74) is 6.08. The number of aromatic nitrogens is 4. The van der Waals surface area contributed by atoms with Crippen LogP contribution in [0.1, 0.15) is 19.9 Å². The molecule has 0 bridgehead atoms. The van der Waals surface area contributed by atoms with Gasteiger partial charge in [0.15, 0.2) is 5.16 Å². The van der Waals surface area contributed by atoms with Gasteiger partial charge in [0.25, 0.3) is 0 Å². The first kappa shape index (κ1) is 11.7. The Bertz CT molecular complexity index is 574. The van der Waals surface area contributed by atoms with Crippen molar-refractivity contribution < 1.29 is 0 Å². The number of nitrogen functional groups attached to an aromatic ring is 1. The average molecular weight is 251 g/mol. The summed E-state index contributed by atoms with van der Waals surface area (Å²) in [5.74, 6) is 0. The summed E-state index contributed by atoms with van der Waals surface area (Å²) in [6, 6.07) is 3.50. The lowest BCUT2D eigenvalue weighted by Gasteiger charge is -2.07. The number of rotatable bonds is 3. The second-order valence-electron chi connectivity index (χ2n) is 3.80. The molecule has 0 aliphatic heterocycles. The molecule has 0 saturated carbocycles. The fourth-order valence-electron chi connectivity index (χ4n) is 1.39. The van der Waals surface area contributed by atoms with Gasteiger partial charge >= 0.3 is 5.69 Å². The number of H-pyrrole nitrogens is 1. The predicted molar refractivity (Wildman–Crippen MR) is 66.0 cm³/mol. The van der Waals surface area contributed by atoms with Crippen molar-refractivity contribution in [2.45, 2.75) is 30.1 Å². The highest BCUT2D eigenvalue weighted by molar-refractivity contribution is 7.99. The molecule has 2 rings (SSSR count). The SMILES string of the molecule is CC(C)n1c(Sc2cc(N)ccn2)n[nH]c1=O. The van der Waals surface area contributed by atoms with E-state index in [9.17, 15) is 4.79 Å². The zero-order valence-electron chi connectivity index (χ0n) is 9.54. The Balaban J connectivity index is 2.34. The molecule has 0 aromatic carbocycles. The van der Waals surface area contributed by atoms with E-state index in [4.69, 9.17) is 5.73 Å². The molecule has 2 heterocycles. The number of nitrogens with one attached hydrogen (secondary N) is 1. The first-order chi connectivity index (χ1) is 8.08. The zero-order chi connectivity index (χ0) is 12.4. The number of pyridine rings is 1. The van der Waals surface area contributed by atoms with Crippen LogP contribution < -0.4 is 11.4 Å². The number of nitrogens with two attached hydrogens (primary N) is 1. The van der Waals surface area contributed by atoms with E-state index in [1.54, 1.807) is 22.9 Å². The van der Waals surface area contributed by atoms with Gasteiger partial charge in [0.2, 0.25) is 0 Å². The molecule has 0 atom stereocenters. The van der Waals surface area contributed by atoms with E-state index >= 15 is 0 Å². The number of hydrogen-bond acceptors (Lipinski definition) is 5. The van der Waals surface area contributed by atoms with Crippen LogP contribution in [-0.2, 0) is 0 Å². The lowest BCUT2D eigenvalue weighted by Crippen LogP contribution is -2.19. The van der Waals surface area contributed by atoms with Crippen LogP contribution >= 0.6 is 11.8 Å². The first-order valence-electron chi connectivity index (χ1n) is 5.14. The molecule has 0 unspecified atom stereocenters. The highest BCUT2D eigenvalue weighted by atomic mass is 32.2. The van der Waals surface area contributed by atoms with Crippen LogP contribution in [-0.4, -0.2) is 19.7 Å². The summed E-state index contributed by atoms with van der Waals surface area (Å²) >= 11 is 1.31. The Morgan fingerprint density at radius 1 is 1.53 bits per heavy atom. The van der Waals surface area contributed by atoms with Gasteiger partial charge in [-0.15, -0.1) is 5.10 Å². The molecule has 0 saturated heterocycles. The molecule has 0 aliphatic rings. The van der Waals surface area contributed by atoms with E-state index in [1.807, 2.05) is 13.8 Å². The van der Waals surface area contributed by atoms with E-state index in [2.05, 4.69) is 15.2 Å². The van der Waals surface area contributed by atoms with Gasteiger partial charge in [-0.2, -0.15) is 0 Å². The maximum atomic E-state index is 11.5. The molecule has 0 aliphatic carbocycles. The number of hydrogen-bond donors (Lipinski definition) is 2. The molecule has 17 heavy (non-hydrogen) atoms. The quantitative estimate of drug-likeness (QED) is 0.857. The number of aromatic amines is 1. The van der Waals surface area contributed by atoms with Crippen molar-refractivity contribution in [3.63, 3.8) is 0 Å². The van der Waals surface area contributed by atoms with Gasteiger partial charge < -0.3 is 5.73 Å². The molecule has 6 nitrogen and oxygen atoms in total. The van der Waals surface area contributed by atoms with E-state index < -0.39 is 0 Å². The molecule has 0 spiro atoms. The van der Waals surface area contributed by atoms with Crippen LogP contribution in [0.5, 0.6) is 0 Å². The summed E-state index contributed by atoms with van der Waals surface area (Å²) in [6.07, 6.45) is 1.63. The zero-order valence-corrected chi connectivity index (χ0v) is 10.4. The lowest BCUT2D eigenvalue weighted by atomic mass is 10.4. The first-order valence-corrected chi connectivity index (χ1v) is 5.96. The van der Waals surface area contributed by atoms with Crippen molar-refractivity contribution in [3.05, 3.63) is 28.8 Å².